The number of amides is 1. The number of hydrogen-bond donors (Lipinski definition) is 2. The first-order chi connectivity index (χ1) is 12.9. The number of rotatable bonds is 5. The third-order valence-corrected chi connectivity index (χ3v) is 4.30. The Balaban J connectivity index is 1.96. The Morgan fingerprint density at radius 1 is 1.04 bits per heavy atom. The topological polar surface area (TPSA) is 96.6 Å². The molecule has 2 N–H and O–H groups in total. The smallest absolute Gasteiger partial charge is 0.344 e. The summed E-state index contributed by atoms with van der Waals surface area (Å²) in [5.74, 6) is -1.87. The van der Waals surface area contributed by atoms with Gasteiger partial charge in [0.2, 0.25) is 0 Å². The van der Waals surface area contributed by atoms with Crippen molar-refractivity contribution >= 4 is 22.8 Å². The van der Waals surface area contributed by atoms with Crippen molar-refractivity contribution in [3.05, 3.63) is 70.6 Å². The number of fused-ring (bicyclic) bond motifs is 1. The van der Waals surface area contributed by atoms with Gasteiger partial charge in [-0.2, -0.15) is 0 Å². The maximum atomic E-state index is 12.5. The van der Waals surface area contributed by atoms with Crippen LogP contribution in [0.15, 0.2) is 63.8 Å². The van der Waals surface area contributed by atoms with E-state index >= 15 is 0 Å². The van der Waals surface area contributed by atoms with Gasteiger partial charge in [0.05, 0.1) is 5.56 Å². The molecular formula is C21H19NO5. The van der Waals surface area contributed by atoms with Crippen molar-refractivity contribution in [2.75, 3.05) is 0 Å². The molecule has 6 heteroatoms. The lowest BCUT2D eigenvalue weighted by atomic mass is 10.0. The minimum atomic E-state index is -1.09. The van der Waals surface area contributed by atoms with Gasteiger partial charge < -0.3 is 14.8 Å². The fourth-order valence-electron chi connectivity index (χ4n) is 2.83. The summed E-state index contributed by atoms with van der Waals surface area (Å²) in [6.07, 6.45) is 0. The molecule has 0 bridgehead atoms. The molecule has 6 nitrogen and oxygen atoms in total. The van der Waals surface area contributed by atoms with E-state index in [9.17, 15) is 19.5 Å². The molecule has 0 radical (unpaired) electrons. The molecule has 0 aliphatic carbocycles. The number of benzene rings is 2. The van der Waals surface area contributed by atoms with Gasteiger partial charge in [0.25, 0.3) is 5.91 Å². The second-order valence-electron chi connectivity index (χ2n) is 6.60. The van der Waals surface area contributed by atoms with Gasteiger partial charge in [0.15, 0.2) is 0 Å². The summed E-state index contributed by atoms with van der Waals surface area (Å²) in [4.78, 5) is 36.1. The van der Waals surface area contributed by atoms with Crippen LogP contribution in [0, 0.1) is 5.92 Å². The van der Waals surface area contributed by atoms with Crippen molar-refractivity contribution in [2.24, 2.45) is 5.92 Å². The first kappa shape index (κ1) is 18.4. The van der Waals surface area contributed by atoms with Gasteiger partial charge >= 0.3 is 11.6 Å². The van der Waals surface area contributed by atoms with E-state index in [4.69, 9.17) is 4.42 Å². The lowest BCUT2D eigenvalue weighted by Gasteiger charge is -2.18. The average molecular weight is 365 g/mol. The third kappa shape index (κ3) is 3.89. The zero-order valence-corrected chi connectivity index (χ0v) is 14.9. The number of carbonyl (C=O) groups excluding carboxylic acids is 1. The molecule has 1 aromatic heterocycles. The molecule has 2 aromatic carbocycles. The minimum absolute atomic E-state index is 0.262. The van der Waals surface area contributed by atoms with Crippen LogP contribution in [-0.4, -0.2) is 23.0 Å². The number of carboxylic acids is 1. The van der Waals surface area contributed by atoms with E-state index in [1.54, 1.807) is 56.3 Å². The zero-order chi connectivity index (χ0) is 19.6. The highest BCUT2D eigenvalue weighted by molar-refractivity contribution is 5.97. The number of carbonyl (C=O) groups is 2. The summed E-state index contributed by atoms with van der Waals surface area (Å²) in [7, 11) is 0. The summed E-state index contributed by atoms with van der Waals surface area (Å²) in [6.45, 7) is 3.44. The second-order valence-corrected chi connectivity index (χ2v) is 6.60. The molecule has 1 amide bonds. The van der Waals surface area contributed by atoms with Crippen molar-refractivity contribution in [3.63, 3.8) is 0 Å². The maximum Gasteiger partial charge on any atom is 0.344 e. The van der Waals surface area contributed by atoms with Crippen molar-refractivity contribution in [3.8, 4) is 11.1 Å². The lowest BCUT2D eigenvalue weighted by Crippen LogP contribution is -2.44. The SMILES string of the molecule is CC(C)C(NC(=O)c1cccc(-c2cc3ccccc3oc2=O)c1)C(=O)O. The predicted octanol–water partition coefficient (Wildman–Crippen LogP) is 3.30. The Bertz CT molecular complexity index is 1070. The van der Waals surface area contributed by atoms with Gasteiger partial charge in [-0.25, -0.2) is 9.59 Å². The molecule has 0 aliphatic rings. The Morgan fingerprint density at radius 2 is 1.78 bits per heavy atom. The minimum Gasteiger partial charge on any atom is -0.480 e. The van der Waals surface area contributed by atoms with Crippen LogP contribution in [-0.2, 0) is 4.79 Å². The van der Waals surface area contributed by atoms with Crippen LogP contribution >= 0.6 is 0 Å². The molecule has 3 aromatic rings. The standard InChI is InChI=1S/C21H19NO5/c1-12(2)18(20(24)25)22-19(23)15-8-5-7-13(10-15)16-11-14-6-3-4-9-17(14)27-21(16)26/h3-12,18H,1-2H3,(H,22,23)(H,24,25). The summed E-state index contributed by atoms with van der Waals surface area (Å²) < 4.78 is 5.34. The first-order valence-corrected chi connectivity index (χ1v) is 8.54. The molecule has 138 valence electrons. The van der Waals surface area contributed by atoms with Gasteiger partial charge in [0.1, 0.15) is 11.6 Å². The van der Waals surface area contributed by atoms with Crippen molar-refractivity contribution < 1.29 is 19.1 Å². The highest BCUT2D eigenvalue weighted by Crippen LogP contribution is 2.22. The number of nitrogens with one attached hydrogen (secondary N) is 1. The molecule has 1 unspecified atom stereocenters. The summed E-state index contributed by atoms with van der Waals surface area (Å²) in [5, 5.41) is 12.5. The molecule has 0 aliphatic heterocycles. The number of hydrogen-bond acceptors (Lipinski definition) is 4. The number of para-hydroxylation sites is 1. The second kappa shape index (κ2) is 7.45. The monoisotopic (exact) mass is 365 g/mol. The molecule has 27 heavy (non-hydrogen) atoms. The number of carboxylic acid groups (broad SMARTS) is 1. The van der Waals surface area contributed by atoms with E-state index in [1.165, 1.54) is 0 Å². The van der Waals surface area contributed by atoms with E-state index < -0.39 is 23.5 Å². The Morgan fingerprint density at radius 3 is 2.48 bits per heavy atom. The average Bonchev–Trinajstić information content (AvgIpc) is 2.64. The van der Waals surface area contributed by atoms with Crippen LogP contribution in [0.1, 0.15) is 24.2 Å². The molecule has 1 atom stereocenters. The van der Waals surface area contributed by atoms with Crippen LogP contribution in [0.4, 0.5) is 0 Å². The number of aliphatic carboxylic acids is 1. The van der Waals surface area contributed by atoms with Crippen molar-refractivity contribution in [2.45, 2.75) is 19.9 Å². The Labute approximate surface area is 155 Å². The van der Waals surface area contributed by atoms with Gasteiger partial charge in [0, 0.05) is 10.9 Å². The summed E-state index contributed by atoms with van der Waals surface area (Å²) in [5.41, 5.74) is 1.12. The van der Waals surface area contributed by atoms with Crippen LogP contribution in [0.2, 0.25) is 0 Å². The Kier molecular flexibility index (Phi) is 5.07. The molecule has 0 saturated heterocycles. The van der Waals surface area contributed by atoms with Gasteiger partial charge in [-0.3, -0.25) is 4.79 Å². The zero-order valence-electron chi connectivity index (χ0n) is 14.9. The first-order valence-electron chi connectivity index (χ1n) is 8.54. The highest BCUT2D eigenvalue weighted by Gasteiger charge is 2.24. The van der Waals surface area contributed by atoms with E-state index in [1.807, 2.05) is 12.1 Å². The van der Waals surface area contributed by atoms with Gasteiger partial charge in [-0.05, 0) is 35.7 Å². The summed E-state index contributed by atoms with van der Waals surface area (Å²) in [6, 6.07) is 14.4. The van der Waals surface area contributed by atoms with Crippen LogP contribution in [0.3, 0.4) is 0 Å². The van der Waals surface area contributed by atoms with Gasteiger partial charge in [-0.1, -0.05) is 44.2 Å². The summed E-state index contributed by atoms with van der Waals surface area (Å²) >= 11 is 0. The van der Waals surface area contributed by atoms with Crippen molar-refractivity contribution in [1.29, 1.82) is 0 Å². The van der Waals surface area contributed by atoms with Crippen LogP contribution < -0.4 is 10.9 Å². The van der Waals surface area contributed by atoms with E-state index in [2.05, 4.69) is 5.32 Å². The van der Waals surface area contributed by atoms with Crippen molar-refractivity contribution in [1.82, 2.24) is 5.32 Å². The maximum absolute atomic E-state index is 12.5. The lowest BCUT2D eigenvalue weighted by molar-refractivity contribution is -0.140. The molecule has 1 heterocycles. The quantitative estimate of drug-likeness (QED) is 0.676. The Hall–Kier alpha value is -3.41. The normalized spacial score (nSPS) is 12.1. The predicted molar refractivity (Wildman–Crippen MR) is 102 cm³/mol. The molecule has 0 fully saturated rings. The largest absolute Gasteiger partial charge is 0.480 e. The molecular weight excluding hydrogens is 346 g/mol. The van der Waals surface area contributed by atoms with E-state index in [-0.39, 0.29) is 11.5 Å². The van der Waals surface area contributed by atoms with Gasteiger partial charge in [-0.15, -0.1) is 0 Å². The fraction of sp³-hybridized carbons (Fsp3) is 0.190. The molecule has 0 spiro atoms. The van der Waals surface area contributed by atoms with Crippen LogP contribution in [0.25, 0.3) is 22.1 Å². The van der Waals surface area contributed by atoms with E-state index in [0.717, 1.165) is 5.39 Å². The fourth-order valence-corrected chi connectivity index (χ4v) is 2.83. The third-order valence-electron chi connectivity index (χ3n) is 4.30. The molecule has 0 saturated carbocycles. The van der Waals surface area contributed by atoms with Crippen LogP contribution in [0.5, 0.6) is 0 Å². The highest BCUT2D eigenvalue weighted by atomic mass is 16.4. The molecule has 3 rings (SSSR count). The van der Waals surface area contributed by atoms with E-state index in [0.29, 0.717) is 16.7 Å².